The van der Waals surface area contributed by atoms with E-state index in [1.807, 2.05) is 6.92 Å². The summed E-state index contributed by atoms with van der Waals surface area (Å²) in [5.74, 6) is -1.21. The molecule has 1 aliphatic carbocycles. The fourth-order valence-electron chi connectivity index (χ4n) is 4.17. The van der Waals surface area contributed by atoms with Gasteiger partial charge in [-0.3, -0.25) is 26.6 Å². The van der Waals surface area contributed by atoms with Gasteiger partial charge in [-0.2, -0.15) is 13.2 Å². The number of piperidine rings is 1. The van der Waals surface area contributed by atoms with Crippen LogP contribution in [0.1, 0.15) is 45.4 Å². The molecule has 0 bridgehead atoms. The number of ether oxygens (including phenoxy) is 1. The SMILES string of the molecule is CCOC1NC(NC2CCNCC2)NC(NC2CCCC(C(F)(F)F)C2)N1. The van der Waals surface area contributed by atoms with Crippen LogP contribution in [-0.4, -0.2) is 56.9 Å². The maximum atomic E-state index is 13.1. The van der Waals surface area contributed by atoms with Crippen LogP contribution in [0.3, 0.4) is 0 Å². The van der Waals surface area contributed by atoms with Gasteiger partial charge in [0.1, 0.15) is 12.6 Å². The molecular formula is C17H33F3N6O. The standard InChI is InChI=1S/C17H33F3N6O/c1-2-27-16-25-14(22-12-6-8-21-9-7-12)24-15(26-16)23-13-5-3-4-11(10-13)17(18,19)20/h11-16,21-26H,2-10H2,1H3. The number of hydrogen-bond acceptors (Lipinski definition) is 7. The molecule has 5 atom stereocenters. The van der Waals surface area contributed by atoms with Gasteiger partial charge in [-0.15, -0.1) is 0 Å². The minimum atomic E-state index is -4.11. The second-order valence-corrected chi connectivity index (χ2v) is 7.66. The molecule has 6 N–H and O–H groups in total. The third-order valence-corrected chi connectivity index (χ3v) is 5.58. The lowest BCUT2D eigenvalue weighted by atomic mass is 9.85. The van der Waals surface area contributed by atoms with E-state index in [0.717, 1.165) is 32.4 Å². The van der Waals surface area contributed by atoms with Gasteiger partial charge in [0.15, 0.2) is 6.35 Å². The molecule has 2 saturated heterocycles. The van der Waals surface area contributed by atoms with Crippen LogP contribution in [0.15, 0.2) is 0 Å². The van der Waals surface area contributed by atoms with Crippen LogP contribution in [0.4, 0.5) is 13.2 Å². The molecular weight excluding hydrogens is 361 g/mol. The molecule has 3 rings (SSSR count). The average Bonchev–Trinajstić information content (AvgIpc) is 2.62. The van der Waals surface area contributed by atoms with Crippen molar-refractivity contribution >= 4 is 0 Å². The zero-order valence-corrected chi connectivity index (χ0v) is 15.9. The molecule has 2 aliphatic heterocycles. The Morgan fingerprint density at radius 2 is 1.59 bits per heavy atom. The number of nitrogens with one attached hydrogen (secondary N) is 6. The molecule has 0 spiro atoms. The lowest BCUT2D eigenvalue weighted by molar-refractivity contribution is -0.184. The van der Waals surface area contributed by atoms with E-state index < -0.39 is 12.1 Å². The van der Waals surface area contributed by atoms with Crippen molar-refractivity contribution in [2.75, 3.05) is 19.7 Å². The topological polar surface area (TPSA) is 81.4 Å². The Kier molecular flexibility index (Phi) is 7.72. The normalized spacial score (nSPS) is 36.7. The molecule has 10 heteroatoms. The summed E-state index contributed by atoms with van der Waals surface area (Å²) in [6, 6.07) is 0.219. The first-order chi connectivity index (χ1) is 12.9. The van der Waals surface area contributed by atoms with Gasteiger partial charge < -0.3 is 10.1 Å². The van der Waals surface area contributed by atoms with Crippen molar-refractivity contribution in [1.29, 1.82) is 0 Å². The smallest absolute Gasteiger partial charge is 0.350 e. The molecule has 3 fully saturated rings. The highest BCUT2D eigenvalue weighted by Crippen LogP contribution is 2.37. The van der Waals surface area contributed by atoms with E-state index >= 15 is 0 Å². The zero-order valence-electron chi connectivity index (χ0n) is 15.9. The highest BCUT2D eigenvalue weighted by Gasteiger charge is 2.42. The number of hydrogen-bond donors (Lipinski definition) is 6. The van der Waals surface area contributed by atoms with Crippen molar-refractivity contribution < 1.29 is 17.9 Å². The monoisotopic (exact) mass is 394 g/mol. The van der Waals surface area contributed by atoms with Crippen molar-refractivity contribution in [2.24, 2.45) is 5.92 Å². The first-order valence-electron chi connectivity index (χ1n) is 10.1. The molecule has 3 aliphatic rings. The minimum Gasteiger partial charge on any atom is -0.350 e. The van der Waals surface area contributed by atoms with Gasteiger partial charge in [-0.1, -0.05) is 6.42 Å². The van der Waals surface area contributed by atoms with E-state index in [4.69, 9.17) is 4.74 Å². The first-order valence-corrected chi connectivity index (χ1v) is 10.1. The quantitative estimate of drug-likeness (QED) is 0.396. The summed E-state index contributed by atoms with van der Waals surface area (Å²) in [5, 5.41) is 20.1. The second-order valence-electron chi connectivity index (χ2n) is 7.66. The molecule has 1 saturated carbocycles. The molecule has 7 nitrogen and oxygen atoms in total. The second kappa shape index (κ2) is 9.82. The molecule has 2 heterocycles. The molecule has 0 aromatic carbocycles. The van der Waals surface area contributed by atoms with Gasteiger partial charge in [-0.25, -0.2) is 0 Å². The van der Waals surface area contributed by atoms with Gasteiger partial charge in [0.2, 0.25) is 0 Å². The Bertz CT molecular complexity index is 449. The van der Waals surface area contributed by atoms with E-state index in [-0.39, 0.29) is 37.8 Å². The van der Waals surface area contributed by atoms with Crippen LogP contribution in [0.2, 0.25) is 0 Å². The van der Waals surface area contributed by atoms with E-state index in [9.17, 15) is 13.2 Å². The summed E-state index contributed by atoms with van der Waals surface area (Å²) in [7, 11) is 0. The van der Waals surface area contributed by atoms with E-state index in [0.29, 0.717) is 19.1 Å². The summed E-state index contributed by atoms with van der Waals surface area (Å²) < 4.78 is 44.9. The lowest BCUT2D eigenvalue weighted by Crippen LogP contribution is -2.76. The highest BCUT2D eigenvalue weighted by molar-refractivity contribution is 4.87. The lowest BCUT2D eigenvalue weighted by Gasteiger charge is -2.43. The Morgan fingerprint density at radius 1 is 0.926 bits per heavy atom. The van der Waals surface area contributed by atoms with Crippen molar-refractivity contribution in [2.45, 2.75) is 82.6 Å². The third-order valence-electron chi connectivity index (χ3n) is 5.58. The maximum absolute atomic E-state index is 13.1. The van der Waals surface area contributed by atoms with Crippen molar-refractivity contribution in [3.63, 3.8) is 0 Å². The van der Waals surface area contributed by atoms with Gasteiger partial charge >= 0.3 is 6.18 Å². The van der Waals surface area contributed by atoms with Crippen LogP contribution in [-0.2, 0) is 4.74 Å². The van der Waals surface area contributed by atoms with E-state index in [1.54, 1.807) is 0 Å². The molecule has 27 heavy (non-hydrogen) atoms. The summed E-state index contributed by atoms with van der Waals surface area (Å²) in [6.45, 7) is 4.43. The largest absolute Gasteiger partial charge is 0.391 e. The van der Waals surface area contributed by atoms with Crippen molar-refractivity contribution in [3.8, 4) is 0 Å². The van der Waals surface area contributed by atoms with Crippen molar-refractivity contribution in [3.05, 3.63) is 0 Å². The predicted molar refractivity (Wildman–Crippen MR) is 96.4 cm³/mol. The van der Waals surface area contributed by atoms with Crippen LogP contribution < -0.4 is 31.9 Å². The summed E-state index contributed by atoms with van der Waals surface area (Å²) >= 11 is 0. The summed E-state index contributed by atoms with van der Waals surface area (Å²) in [6.07, 6.45) is -1.18. The number of halogens is 3. The molecule has 158 valence electrons. The Hall–Kier alpha value is -0.490. The molecule has 5 unspecified atom stereocenters. The van der Waals surface area contributed by atoms with Gasteiger partial charge in [0, 0.05) is 18.7 Å². The molecule has 0 radical (unpaired) electrons. The minimum absolute atomic E-state index is 0.127. The molecule has 0 amide bonds. The average molecular weight is 394 g/mol. The van der Waals surface area contributed by atoms with Gasteiger partial charge in [-0.05, 0) is 52.1 Å². The highest BCUT2D eigenvalue weighted by atomic mass is 19.4. The fraction of sp³-hybridized carbons (Fsp3) is 1.00. The van der Waals surface area contributed by atoms with Crippen LogP contribution in [0.25, 0.3) is 0 Å². The van der Waals surface area contributed by atoms with E-state index in [1.165, 1.54) is 0 Å². The maximum Gasteiger partial charge on any atom is 0.391 e. The van der Waals surface area contributed by atoms with Gasteiger partial charge in [0.25, 0.3) is 0 Å². The Labute approximate surface area is 158 Å². The van der Waals surface area contributed by atoms with Crippen LogP contribution >= 0.6 is 0 Å². The Balaban J connectivity index is 1.54. The van der Waals surface area contributed by atoms with Crippen LogP contribution in [0, 0.1) is 5.92 Å². The fourth-order valence-corrected chi connectivity index (χ4v) is 4.17. The third kappa shape index (κ3) is 6.52. The van der Waals surface area contributed by atoms with Crippen LogP contribution in [0.5, 0.6) is 0 Å². The molecule has 0 aromatic heterocycles. The summed E-state index contributed by atoms with van der Waals surface area (Å²) in [4.78, 5) is 0. The first kappa shape index (κ1) is 21.2. The Morgan fingerprint density at radius 3 is 2.22 bits per heavy atom. The number of alkyl halides is 3. The number of rotatable bonds is 6. The van der Waals surface area contributed by atoms with E-state index in [2.05, 4.69) is 31.9 Å². The van der Waals surface area contributed by atoms with Gasteiger partial charge in [0.05, 0.1) is 5.92 Å². The molecule has 0 aromatic rings. The van der Waals surface area contributed by atoms with Crippen molar-refractivity contribution in [1.82, 2.24) is 31.9 Å². The summed E-state index contributed by atoms with van der Waals surface area (Å²) in [5.41, 5.74) is 0. The predicted octanol–water partition coefficient (Wildman–Crippen LogP) is 0.708. The zero-order chi connectivity index (χ0) is 19.3.